The molecular formula is C10H9N3O3Ti. The van der Waals surface area contributed by atoms with Gasteiger partial charge in [0.15, 0.2) is 5.75 Å². The molecule has 1 aromatic carbocycles. The molecule has 2 rings (SSSR count). The van der Waals surface area contributed by atoms with Crippen LogP contribution in [-0.2, 0) is 32.7 Å². The normalized spacial score (nSPS) is 8.06. The van der Waals surface area contributed by atoms with Crippen molar-refractivity contribution in [2.45, 2.75) is 0 Å². The van der Waals surface area contributed by atoms with Crippen LogP contribution < -0.4 is 4.74 Å². The van der Waals surface area contributed by atoms with Gasteiger partial charge in [0.05, 0.1) is 13.3 Å². The number of hydrogen-bond acceptors (Lipinski definition) is 4. The Bertz CT molecular complexity index is 428. The summed E-state index contributed by atoms with van der Waals surface area (Å²) in [5.41, 5.74) is 1.68. The van der Waals surface area contributed by atoms with Gasteiger partial charge < -0.3 is 15.7 Å². The second kappa shape index (κ2) is 8.77. The average molecular weight is 267 g/mol. The SMILES string of the molecule is COc1cnnnc1-c1ccccc1.[O-2].[O-2].[Ti+4]. The molecule has 0 fully saturated rings. The summed E-state index contributed by atoms with van der Waals surface area (Å²) in [5, 5.41) is 11.2. The Hall–Kier alpha value is -1.34. The van der Waals surface area contributed by atoms with Gasteiger partial charge in [-0.3, -0.25) is 0 Å². The Labute approximate surface area is 114 Å². The van der Waals surface area contributed by atoms with Crippen LogP contribution in [-0.4, -0.2) is 22.5 Å². The minimum Gasteiger partial charge on any atom is -2.00 e. The first-order valence-electron chi connectivity index (χ1n) is 4.19. The van der Waals surface area contributed by atoms with Gasteiger partial charge in [-0.05, 0) is 5.21 Å². The zero-order valence-electron chi connectivity index (χ0n) is 9.03. The van der Waals surface area contributed by atoms with Crippen LogP contribution in [0.15, 0.2) is 36.5 Å². The van der Waals surface area contributed by atoms with Crippen LogP contribution in [0.1, 0.15) is 0 Å². The molecule has 0 spiro atoms. The second-order valence-corrected chi connectivity index (χ2v) is 2.72. The fraction of sp³-hybridized carbons (Fsp3) is 0.100. The van der Waals surface area contributed by atoms with E-state index in [-0.39, 0.29) is 32.7 Å². The van der Waals surface area contributed by atoms with E-state index in [1.807, 2.05) is 30.3 Å². The average Bonchev–Trinajstić information content (AvgIpc) is 2.30. The van der Waals surface area contributed by atoms with Crippen molar-refractivity contribution >= 4 is 0 Å². The van der Waals surface area contributed by atoms with Crippen LogP contribution in [0.4, 0.5) is 0 Å². The maximum absolute atomic E-state index is 5.13. The molecule has 0 saturated heterocycles. The Morgan fingerprint density at radius 3 is 2.29 bits per heavy atom. The van der Waals surface area contributed by atoms with E-state index in [0.717, 1.165) is 5.56 Å². The van der Waals surface area contributed by atoms with E-state index in [4.69, 9.17) is 4.74 Å². The molecule has 1 aromatic heterocycles. The molecule has 0 unspecified atom stereocenters. The number of methoxy groups -OCH3 is 1. The van der Waals surface area contributed by atoms with Gasteiger partial charge in [0.1, 0.15) is 5.69 Å². The molecule has 0 atom stereocenters. The van der Waals surface area contributed by atoms with Crippen molar-refractivity contribution in [3.63, 3.8) is 0 Å². The van der Waals surface area contributed by atoms with Gasteiger partial charge in [-0.2, -0.15) is 0 Å². The molecule has 0 amide bonds. The van der Waals surface area contributed by atoms with Crippen LogP contribution in [0.5, 0.6) is 5.75 Å². The molecule has 0 aliphatic heterocycles. The first-order valence-corrected chi connectivity index (χ1v) is 4.19. The summed E-state index contributed by atoms with van der Waals surface area (Å²) < 4.78 is 5.13. The fourth-order valence-corrected chi connectivity index (χ4v) is 1.20. The van der Waals surface area contributed by atoms with E-state index >= 15 is 0 Å². The Balaban J connectivity index is 0. The summed E-state index contributed by atoms with van der Waals surface area (Å²) in [6, 6.07) is 9.73. The van der Waals surface area contributed by atoms with Gasteiger partial charge in [-0.1, -0.05) is 30.3 Å². The fourth-order valence-electron chi connectivity index (χ4n) is 1.20. The zero-order chi connectivity index (χ0) is 9.80. The van der Waals surface area contributed by atoms with Crippen molar-refractivity contribution in [2.24, 2.45) is 0 Å². The number of hydrogen-bond donors (Lipinski definition) is 0. The summed E-state index contributed by atoms with van der Waals surface area (Å²) in [4.78, 5) is 0. The summed E-state index contributed by atoms with van der Waals surface area (Å²) in [7, 11) is 1.59. The molecule has 17 heavy (non-hydrogen) atoms. The molecule has 0 aliphatic carbocycles. The second-order valence-electron chi connectivity index (χ2n) is 2.72. The van der Waals surface area contributed by atoms with E-state index in [1.165, 1.54) is 0 Å². The molecule has 0 bridgehead atoms. The van der Waals surface area contributed by atoms with Crippen LogP contribution >= 0.6 is 0 Å². The number of aromatic nitrogens is 3. The van der Waals surface area contributed by atoms with Crippen LogP contribution in [0, 0.1) is 0 Å². The molecular weight excluding hydrogens is 258 g/mol. The van der Waals surface area contributed by atoms with Crippen LogP contribution in [0.2, 0.25) is 0 Å². The minimum atomic E-state index is 0. The molecule has 6 nitrogen and oxygen atoms in total. The van der Waals surface area contributed by atoms with Gasteiger partial charge in [0.25, 0.3) is 0 Å². The number of ether oxygens (including phenoxy) is 1. The van der Waals surface area contributed by atoms with Crippen molar-refractivity contribution in [2.75, 3.05) is 7.11 Å². The quantitative estimate of drug-likeness (QED) is 0.764. The Kier molecular flexibility index (Phi) is 9.31. The van der Waals surface area contributed by atoms with Gasteiger partial charge in [-0.25, -0.2) is 0 Å². The summed E-state index contributed by atoms with van der Waals surface area (Å²) >= 11 is 0. The first kappa shape index (κ1) is 18.0. The monoisotopic (exact) mass is 267 g/mol. The number of rotatable bonds is 2. The summed E-state index contributed by atoms with van der Waals surface area (Å²) in [6.45, 7) is 0. The zero-order valence-corrected chi connectivity index (χ0v) is 10.6. The van der Waals surface area contributed by atoms with Gasteiger partial charge in [0, 0.05) is 5.56 Å². The van der Waals surface area contributed by atoms with Crippen molar-refractivity contribution in [1.29, 1.82) is 0 Å². The smallest absolute Gasteiger partial charge is 2.00 e. The molecule has 1 heterocycles. The molecule has 0 N–H and O–H groups in total. The van der Waals surface area contributed by atoms with E-state index in [0.29, 0.717) is 11.4 Å². The van der Waals surface area contributed by atoms with Crippen LogP contribution in [0.25, 0.3) is 11.3 Å². The van der Waals surface area contributed by atoms with Crippen molar-refractivity contribution in [3.8, 4) is 17.0 Å². The molecule has 7 heteroatoms. The molecule has 0 radical (unpaired) electrons. The topological polar surface area (TPSA) is 105 Å². The minimum absolute atomic E-state index is 0. The largest absolute Gasteiger partial charge is 4.00 e. The molecule has 0 saturated carbocycles. The number of benzene rings is 1. The van der Waals surface area contributed by atoms with Crippen molar-refractivity contribution in [3.05, 3.63) is 36.5 Å². The first-order chi connectivity index (χ1) is 6.92. The van der Waals surface area contributed by atoms with E-state index < -0.39 is 0 Å². The predicted octanol–water partition coefficient (Wildman–Crippen LogP) is 1.31. The van der Waals surface area contributed by atoms with Crippen molar-refractivity contribution in [1.82, 2.24) is 15.4 Å². The standard InChI is InChI=1S/C10H9N3O.2O.Ti/c1-14-9-7-11-13-12-10(9)8-5-3-2-4-6-8;;;/h2-7H,1H3;;;/q;2*-2;+4. The Morgan fingerprint density at radius 2 is 1.71 bits per heavy atom. The van der Waals surface area contributed by atoms with Gasteiger partial charge in [0.2, 0.25) is 0 Å². The molecule has 2 aromatic rings. The van der Waals surface area contributed by atoms with Gasteiger partial charge in [-0.15, -0.1) is 10.2 Å². The molecule has 86 valence electrons. The van der Waals surface area contributed by atoms with E-state index in [9.17, 15) is 0 Å². The molecule has 0 aliphatic rings. The van der Waals surface area contributed by atoms with E-state index in [2.05, 4.69) is 15.4 Å². The third-order valence-corrected chi connectivity index (χ3v) is 1.87. The summed E-state index contributed by atoms with van der Waals surface area (Å²) in [6.07, 6.45) is 1.55. The third kappa shape index (κ3) is 4.20. The van der Waals surface area contributed by atoms with E-state index in [1.54, 1.807) is 13.3 Å². The number of nitrogens with zero attached hydrogens (tertiary/aromatic N) is 3. The summed E-state index contributed by atoms with van der Waals surface area (Å²) in [5.74, 6) is 0.631. The van der Waals surface area contributed by atoms with Gasteiger partial charge >= 0.3 is 21.7 Å². The third-order valence-electron chi connectivity index (χ3n) is 1.87. The van der Waals surface area contributed by atoms with Crippen LogP contribution in [0.3, 0.4) is 0 Å². The van der Waals surface area contributed by atoms with Crippen molar-refractivity contribution < 1.29 is 37.4 Å². The Morgan fingerprint density at radius 1 is 1.06 bits per heavy atom. The maximum atomic E-state index is 5.13. The maximum Gasteiger partial charge on any atom is 4.00 e. The predicted molar refractivity (Wildman–Crippen MR) is 53.2 cm³/mol.